The molecule has 0 atom stereocenters. The minimum absolute atomic E-state index is 0.0992. The van der Waals surface area contributed by atoms with E-state index in [1.54, 1.807) is 41.3 Å². The molecule has 2 amide bonds. The minimum atomic E-state index is -0.296. The van der Waals surface area contributed by atoms with Crippen LogP contribution in [0.3, 0.4) is 0 Å². The van der Waals surface area contributed by atoms with Gasteiger partial charge >= 0.3 is 0 Å². The summed E-state index contributed by atoms with van der Waals surface area (Å²) in [6, 6.07) is 14.4. The molecule has 0 aliphatic carbocycles. The number of aromatic nitrogens is 3. The quantitative estimate of drug-likeness (QED) is 0.746. The Morgan fingerprint density at radius 3 is 2.52 bits per heavy atom. The van der Waals surface area contributed by atoms with E-state index in [0.29, 0.717) is 11.3 Å². The average Bonchev–Trinajstić information content (AvgIpc) is 3.15. The van der Waals surface area contributed by atoms with Crippen LogP contribution in [0.2, 0.25) is 0 Å². The van der Waals surface area contributed by atoms with Gasteiger partial charge in [-0.1, -0.05) is 23.4 Å². The lowest BCUT2D eigenvalue weighted by molar-refractivity contribution is -0.115. The van der Waals surface area contributed by atoms with Crippen LogP contribution in [0.25, 0.3) is 5.69 Å². The van der Waals surface area contributed by atoms with Crippen molar-refractivity contribution in [2.45, 2.75) is 6.92 Å². The Morgan fingerprint density at radius 1 is 1.08 bits per heavy atom. The van der Waals surface area contributed by atoms with Gasteiger partial charge in [-0.15, -0.1) is 5.10 Å². The first kappa shape index (κ1) is 16.4. The summed E-state index contributed by atoms with van der Waals surface area (Å²) in [5.74, 6) is -0.565. The molecule has 0 saturated heterocycles. The molecule has 2 aromatic carbocycles. The fourth-order valence-corrected chi connectivity index (χ4v) is 2.33. The Labute approximate surface area is 144 Å². The second-order valence-electron chi connectivity index (χ2n) is 5.44. The second-order valence-corrected chi connectivity index (χ2v) is 5.44. The molecule has 7 nitrogen and oxygen atoms in total. The maximum absolute atomic E-state index is 12.1. The molecule has 126 valence electrons. The van der Waals surface area contributed by atoms with Gasteiger partial charge in [-0.3, -0.25) is 9.59 Å². The standard InChI is InChI=1S/C18H17N5O2/c1-13-4-2-3-5-16(13)18(25)19-12-17(24)21-14-6-8-15(9-7-14)23-11-10-20-22-23/h2-11H,12H2,1H3,(H,19,25)(H,21,24). The third-order valence-corrected chi connectivity index (χ3v) is 3.64. The Morgan fingerprint density at radius 2 is 1.84 bits per heavy atom. The predicted octanol–water partition coefficient (Wildman–Crippen LogP) is 1.94. The smallest absolute Gasteiger partial charge is 0.251 e. The fourth-order valence-electron chi connectivity index (χ4n) is 2.33. The van der Waals surface area contributed by atoms with E-state index >= 15 is 0 Å². The molecule has 0 aliphatic rings. The van der Waals surface area contributed by atoms with Crippen LogP contribution in [0.5, 0.6) is 0 Å². The van der Waals surface area contributed by atoms with Crippen LogP contribution >= 0.6 is 0 Å². The highest BCUT2D eigenvalue weighted by atomic mass is 16.2. The van der Waals surface area contributed by atoms with Crippen molar-refractivity contribution < 1.29 is 9.59 Å². The highest BCUT2D eigenvalue weighted by Crippen LogP contribution is 2.12. The zero-order valence-corrected chi connectivity index (χ0v) is 13.6. The molecule has 25 heavy (non-hydrogen) atoms. The number of nitrogens with zero attached hydrogens (tertiary/aromatic N) is 3. The van der Waals surface area contributed by atoms with Gasteiger partial charge in [0.25, 0.3) is 5.91 Å². The zero-order chi connectivity index (χ0) is 17.6. The molecule has 3 aromatic rings. The fraction of sp³-hybridized carbons (Fsp3) is 0.111. The molecular formula is C18H17N5O2. The van der Waals surface area contributed by atoms with Gasteiger partial charge in [0.1, 0.15) is 0 Å². The topological polar surface area (TPSA) is 88.9 Å². The van der Waals surface area contributed by atoms with Crippen LogP contribution < -0.4 is 10.6 Å². The zero-order valence-electron chi connectivity index (χ0n) is 13.6. The van der Waals surface area contributed by atoms with Crippen molar-refractivity contribution in [1.82, 2.24) is 20.3 Å². The number of hydrogen-bond donors (Lipinski definition) is 2. The number of nitrogens with one attached hydrogen (secondary N) is 2. The molecule has 1 aromatic heterocycles. The number of hydrogen-bond acceptors (Lipinski definition) is 4. The van der Waals surface area contributed by atoms with Gasteiger partial charge in [-0.25, -0.2) is 4.68 Å². The van der Waals surface area contributed by atoms with Crippen molar-refractivity contribution in [3.63, 3.8) is 0 Å². The van der Waals surface area contributed by atoms with Crippen molar-refractivity contribution in [3.05, 3.63) is 72.1 Å². The molecule has 0 fully saturated rings. The van der Waals surface area contributed by atoms with E-state index in [-0.39, 0.29) is 18.4 Å². The number of benzene rings is 2. The van der Waals surface area contributed by atoms with E-state index in [4.69, 9.17) is 0 Å². The molecule has 0 aliphatic heterocycles. The Hall–Kier alpha value is -3.48. The molecule has 0 bridgehead atoms. The van der Waals surface area contributed by atoms with Crippen LogP contribution in [0.15, 0.2) is 60.9 Å². The molecule has 0 radical (unpaired) electrons. The van der Waals surface area contributed by atoms with Crippen molar-refractivity contribution in [3.8, 4) is 5.69 Å². The van der Waals surface area contributed by atoms with Crippen molar-refractivity contribution in [2.75, 3.05) is 11.9 Å². The largest absolute Gasteiger partial charge is 0.343 e. The van der Waals surface area contributed by atoms with E-state index < -0.39 is 0 Å². The molecular weight excluding hydrogens is 318 g/mol. The number of amides is 2. The number of anilines is 1. The van der Waals surface area contributed by atoms with Gasteiger partial charge in [0.2, 0.25) is 5.91 Å². The van der Waals surface area contributed by atoms with Gasteiger partial charge in [0.15, 0.2) is 0 Å². The number of rotatable bonds is 5. The number of carbonyl (C=O) groups excluding carboxylic acids is 2. The lowest BCUT2D eigenvalue weighted by Gasteiger charge is -2.09. The van der Waals surface area contributed by atoms with Crippen molar-refractivity contribution in [2.24, 2.45) is 0 Å². The van der Waals surface area contributed by atoms with Gasteiger partial charge in [-0.05, 0) is 42.8 Å². The molecule has 2 N–H and O–H groups in total. The number of carbonyl (C=O) groups is 2. The lowest BCUT2D eigenvalue weighted by atomic mass is 10.1. The van der Waals surface area contributed by atoms with E-state index in [2.05, 4.69) is 20.9 Å². The monoisotopic (exact) mass is 335 g/mol. The maximum Gasteiger partial charge on any atom is 0.251 e. The van der Waals surface area contributed by atoms with Crippen molar-refractivity contribution >= 4 is 17.5 Å². The minimum Gasteiger partial charge on any atom is -0.343 e. The first-order chi connectivity index (χ1) is 12.1. The molecule has 0 saturated carbocycles. The summed E-state index contributed by atoms with van der Waals surface area (Å²) < 4.78 is 1.62. The van der Waals surface area contributed by atoms with Crippen LogP contribution in [-0.4, -0.2) is 33.4 Å². The van der Waals surface area contributed by atoms with Crippen LogP contribution in [0.1, 0.15) is 15.9 Å². The van der Waals surface area contributed by atoms with Gasteiger partial charge in [0.05, 0.1) is 24.6 Å². The SMILES string of the molecule is Cc1ccccc1C(=O)NCC(=O)Nc1ccc(-n2ccnn2)cc1. The molecule has 3 rings (SSSR count). The summed E-state index contributed by atoms with van der Waals surface area (Å²) >= 11 is 0. The molecule has 0 spiro atoms. The van der Waals surface area contributed by atoms with Crippen LogP contribution in [0.4, 0.5) is 5.69 Å². The second kappa shape index (κ2) is 7.39. The summed E-state index contributed by atoms with van der Waals surface area (Å²) in [6.45, 7) is 1.75. The summed E-state index contributed by atoms with van der Waals surface area (Å²) in [5, 5.41) is 13.0. The summed E-state index contributed by atoms with van der Waals surface area (Å²) in [7, 11) is 0. The van der Waals surface area contributed by atoms with E-state index in [9.17, 15) is 9.59 Å². The van der Waals surface area contributed by atoms with E-state index in [0.717, 1.165) is 11.3 Å². The molecule has 1 heterocycles. The van der Waals surface area contributed by atoms with E-state index in [1.165, 1.54) is 0 Å². The summed E-state index contributed by atoms with van der Waals surface area (Å²) in [4.78, 5) is 24.1. The van der Waals surface area contributed by atoms with Crippen LogP contribution in [0, 0.1) is 6.92 Å². The van der Waals surface area contributed by atoms with E-state index in [1.807, 2.05) is 31.2 Å². The predicted molar refractivity (Wildman–Crippen MR) is 93.5 cm³/mol. The molecule has 0 unspecified atom stereocenters. The highest BCUT2D eigenvalue weighted by Gasteiger charge is 2.10. The third kappa shape index (κ3) is 4.08. The van der Waals surface area contributed by atoms with Gasteiger partial charge in [0, 0.05) is 11.3 Å². The Balaban J connectivity index is 1.54. The normalized spacial score (nSPS) is 10.3. The maximum atomic E-state index is 12.1. The highest BCUT2D eigenvalue weighted by molar-refractivity contribution is 6.00. The van der Waals surface area contributed by atoms with Crippen LogP contribution in [-0.2, 0) is 4.79 Å². The Kier molecular flexibility index (Phi) is 4.84. The first-order valence-corrected chi connectivity index (χ1v) is 7.74. The third-order valence-electron chi connectivity index (χ3n) is 3.64. The molecule has 7 heteroatoms. The number of aryl methyl sites for hydroxylation is 1. The van der Waals surface area contributed by atoms with Crippen molar-refractivity contribution in [1.29, 1.82) is 0 Å². The summed E-state index contributed by atoms with van der Waals surface area (Å²) in [5.41, 5.74) is 2.90. The van der Waals surface area contributed by atoms with Gasteiger partial charge < -0.3 is 10.6 Å². The average molecular weight is 335 g/mol. The first-order valence-electron chi connectivity index (χ1n) is 7.74. The summed E-state index contributed by atoms with van der Waals surface area (Å²) in [6.07, 6.45) is 3.32. The van der Waals surface area contributed by atoms with Gasteiger partial charge in [-0.2, -0.15) is 0 Å². The lowest BCUT2D eigenvalue weighted by Crippen LogP contribution is -2.33. The Bertz CT molecular complexity index is 873.